The van der Waals surface area contributed by atoms with Crippen molar-refractivity contribution in [1.29, 1.82) is 0 Å². The fourth-order valence-corrected chi connectivity index (χ4v) is 2.32. The third-order valence-corrected chi connectivity index (χ3v) is 3.37. The molecule has 2 rings (SSSR count). The van der Waals surface area contributed by atoms with E-state index in [9.17, 15) is 4.79 Å². The average Bonchev–Trinajstić information content (AvgIpc) is 2.84. The number of rotatable bonds is 3. The second-order valence-electron chi connectivity index (χ2n) is 4.76. The number of methoxy groups -OCH3 is 1. The highest BCUT2D eigenvalue weighted by molar-refractivity contribution is 5.90. The van der Waals surface area contributed by atoms with E-state index in [0.29, 0.717) is 6.04 Å². The molecule has 18 heavy (non-hydrogen) atoms. The number of ether oxygens (including phenoxy) is 1. The van der Waals surface area contributed by atoms with Gasteiger partial charge in [-0.15, -0.1) is 0 Å². The summed E-state index contributed by atoms with van der Waals surface area (Å²) in [5, 5.41) is 5.88. The first-order valence-electron chi connectivity index (χ1n) is 6.41. The van der Waals surface area contributed by atoms with Crippen LogP contribution in [0, 0.1) is 6.92 Å². The maximum Gasteiger partial charge on any atom is 0.319 e. The second kappa shape index (κ2) is 5.76. The fourth-order valence-electron chi connectivity index (χ4n) is 2.32. The standard InChI is InChI=1S/C14H20N2O2/c1-10-9-12(18-2)7-8-13(10)16-14(17)15-11-5-3-4-6-11/h7-9,11H,3-6H2,1-2H3,(H2,15,16,17). The van der Waals surface area contributed by atoms with Gasteiger partial charge in [-0.25, -0.2) is 4.79 Å². The zero-order chi connectivity index (χ0) is 13.0. The highest BCUT2D eigenvalue weighted by Crippen LogP contribution is 2.21. The third kappa shape index (κ3) is 3.15. The molecule has 98 valence electrons. The monoisotopic (exact) mass is 248 g/mol. The normalized spacial score (nSPS) is 15.4. The first-order chi connectivity index (χ1) is 8.69. The van der Waals surface area contributed by atoms with Crippen molar-refractivity contribution < 1.29 is 9.53 Å². The van der Waals surface area contributed by atoms with Gasteiger partial charge < -0.3 is 15.4 Å². The van der Waals surface area contributed by atoms with Gasteiger partial charge in [0.2, 0.25) is 0 Å². The van der Waals surface area contributed by atoms with E-state index in [1.54, 1.807) is 7.11 Å². The molecule has 1 aliphatic carbocycles. The molecule has 0 unspecified atom stereocenters. The van der Waals surface area contributed by atoms with Crippen LogP contribution in [0.15, 0.2) is 18.2 Å². The number of hydrogen-bond acceptors (Lipinski definition) is 2. The number of amides is 2. The molecule has 0 saturated heterocycles. The number of urea groups is 1. The van der Waals surface area contributed by atoms with E-state index >= 15 is 0 Å². The summed E-state index contributed by atoms with van der Waals surface area (Å²) >= 11 is 0. The predicted octanol–water partition coefficient (Wildman–Crippen LogP) is 3.07. The van der Waals surface area contributed by atoms with Gasteiger partial charge in [0.15, 0.2) is 0 Å². The highest BCUT2D eigenvalue weighted by atomic mass is 16.5. The van der Waals surface area contributed by atoms with Crippen LogP contribution in [0.25, 0.3) is 0 Å². The maximum atomic E-state index is 11.8. The lowest BCUT2D eigenvalue weighted by Crippen LogP contribution is -2.36. The van der Waals surface area contributed by atoms with Gasteiger partial charge in [0.1, 0.15) is 5.75 Å². The first kappa shape index (κ1) is 12.7. The van der Waals surface area contributed by atoms with Gasteiger partial charge in [0.25, 0.3) is 0 Å². The van der Waals surface area contributed by atoms with Gasteiger partial charge in [-0.1, -0.05) is 12.8 Å². The molecule has 0 aromatic heterocycles. The van der Waals surface area contributed by atoms with Gasteiger partial charge in [-0.3, -0.25) is 0 Å². The minimum Gasteiger partial charge on any atom is -0.497 e. The summed E-state index contributed by atoms with van der Waals surface area (Å²) in [4.78, 5) is 11.8. The molecule has 1 fully saturated rings. The highest BCUT2D eigenvalue weighted by Gasteiger charge is 2.17. The zero-order valence-electron chi connectivity index (χ0n) is 11.0. The van der Waals surface area contributed by atoms with Crippen LogP contribution in [0.1, 0.15) is 31.2 Å². The number of anilines is 1. The number of hydrogen-bond donors (Lipinski definition) is 2. The van der Waals surface area contributed by atoms with Crippen molar-refractivity contribution in [3.63, 3.8) is 0 Å². The van der Waals surface area contributed by atoms with Gasteiger partial charge in [0, 0.05) is 11.7 Å². The second-order valence-corrected chi connectivity index (χ2v) is 4.76. The Morgan fingerprint density at radius 1 is 1.33 bits per heavy atom. The van der Waals surface area contributed by atoms with E-state index < -0.39 is 0 Å². The average molecular weight is 248 g/mol. The van der Waals surface area contributed by atoms with Crippen molar-refractivity contribution >= 4 is 11.7 Å². The Morgan fingerprint density at radius 3 is 2.67 bits per heavy atom. The van der Waals surface area contributed by atoms with Crippen molar-refractivity contribution in [1.82, 2.24) is 5.32 Å². The summed E-state index contributed by atoms with van der Waals surface area (Å²) in [7, 11) is 1.63. The molecule has 0 heterocycles. The van der Waals surface area contributed by atoms with E-state index in [0.717, 1.165) is 29.8 Å². The van der Waals surface area contributed by atoms with Gasteiger partial charge in [0.05, 0.1) is 7.11 Å². The van der Waals surface area contributed by atoms with Crippen LogP contribution >= 0.6 is 0 Å². The Kier molecular flexibility index (Phi) is 4.07. The molecule has 1 aromatic carbocycles. The van der Waals surface area contributed by atoms with Crippen LogP contribution in [0.4, 0.5) is 10.5 Å². The molecular weight excluding hydrogens is 228 g/mol. The molecule has 0 atom stereocenters. The maximum absolute atomic E-state index is 11.8. The molecule has 4 heteroatoms. The van der Waals surface area contributed by atoms with Crippen LogP contribution in [0.3, 0.4) is 0 Å². The molecular formula is C14H20N2O2. The number of aryl methyl sites for hydroxylation is 1. The largest absolute Gasteiger partial charge is 0.497 e. The van der Waals surface area contributed by atoms with Crippen LogP contribution in [0.5, 0.6) is 5.75 Å². The molecule has 4 nitrogen and oxygen atoms in total. The summed E-state index contributed by atoms with van der Waals surface area (Å²) in [5.41, 5.74) is 1.82. The smallest absolute Gasteiger partial charge is 0.319 e. The molecule has 2 amide bonds. The topological polar surface area (TPSA) is 50.4 Å². The van der Waals surface area contributed by atoms with Crippen molar-refractivity contribution in [3.05, 3.63) is 23.8 Å². The van der Waals surface area contributed by atoms with Gasteiger partial charge >= 0.3 is 6.03 Å². The summed E-state index contributed by atoms with van der Waals surface area (Å²) in [6, 6.07) is 5.84. The van der Waals surface area contributed by atoms with Crippen LogP contribution in [-0.2, 0) is 0 Å². The third-order valence-electron chi connectivity index (χ3n) is 3.37. The van der Waals surface area contributed by atoms with E-state index in [1.165, 1.54) is 12.8 Å². The quantitative estimate of drug-likeness (QED) is 0.863. The van der Waals surface area contributed by atoms with E-state index in [2.05, 4.69) is 10.6 Å². The molecule has 0 spiro atoms. The summed E-state index contributed by atoms with van der Waals surface area (Å²) in [6.07, 6.45) is 4.61. The van der Waals surface area contributed by atoms with E-state index in [-0.39, 0.29) is 6.03 Å². The molecule has 1 aromatic rings. The summed E-state index contributed by atoms with van der Waals surface area (Å²) in [6.45, 7) is 1.95. The lowest BCUT2D eigenvalue weighted by molar-refractivity contribution is 0.248. The van der Waals surface area contributed by atoms with Crippen molar-refractivity contribution in [2.45, 2.75) is 38.6 Å². The fraction of sp³-hybridized carbons (Fsp3) is 0.500. The molecule has 0 aliphatic heterocycles. The molecule has 2 N–H and O–H groups in total. The molecule has 1 saturated carbocycles. The number of nitrogens with one attached hydrogen (secondary N) is 2. The summed E-state index contributed by atoms with van der Waals surface area (Å²) in [5.74, 6) is 0.800. The molecule has 1 aliphatic rings. The SMILES string of the molecule is COc1ccc(NC(=O)NC2CCCC2)c(C)c1. The number of benzene rings is 1. The number of carbonyl (C=O) groups is 1. The zero-order valence-corrected chi connectivity index (χ0v) is 11.0. The summed E-state index contributed by atoms with van der Waals surface area (Å²) < 4.78 is 5.13. The van der Waals surface area contributed by atoms with Crippen molar-refractivity contribution in [2.24, 2.45) is 0 Å². The Labute approximate surface area is 108 Å². The van der Waals surface area contributed by atoms with Crippen LogP contribution in [0.2, 0.25) is 0 Å². The minimum absolute atomic E-state index is 0.116. The van der Waals surface area contributed by atoms with E-state index in [4.69, 9.17) is 4.74 Å². The van der Waals surface area contributed by atoms with E-state index in [1.807, 2.05) is 25.1 Å². The van der Waals surface area contributed by atoms with Crippen molar-refractivity contribution in [2.75, 3.05) is 12.4 Å². The van der Waals surface area contributed by atoms with Crippen molar-refractivity contribution in [3.8, 4) is 5.75 Å². The first-order valence-corrected chi connectivity index (χ1v) is 6.41. The Bertz CT molecular complexity index is 426. The predicted molar refractivity (Wildman–Crippen MR) is 72.1 cm³/mol. The Balaban J connectivity index is 1.93. The Hall–Kier alpha value is -1.71. The van der Waals surface area contributed by atoms with Crippen LogP contribution in [-0.4, -0.2) is 19.2 Å². The lowest BCUT2D eigenvalue weighted by Gasteiger charge is -2.14. The Morgan fingerprint density at radius 2 is 2.06 bits per heavy atom. The lowest BCUT2D eigenvalue weighted by atomic mass is 10.2. The minimum atomic E-state index is -0.116. The van der Waals surface area contributed by atoms with Gasteiger partial charge in [-0.05, 0) is 43.5 Å². The van der Waals surface area contributed by atoms with Crippen LogP contribution < -0.4 is 15.4 Å². The molecule has 0 radical (unpaired) electrons. The number of carbonyl (C=O) groups excluding carboxylic acids is 1. The van der Waals surface area contributed by atoms with Gasteiger partial charge in [-0.2, -0.15) is 0 Å². The molecule has 0 bridgehead atoms.